The molecule has 0 aliphatic heterocycles. The number of hydrogen-bond acceptors (Lipinski definition) is 1. The molecule has 1 aromatic heterocycles. The molecule has 2 rings (SSSR count). The summed E-state index contributed by atoms with van der Waals surface area (Å²) >= 11 is 0. The molecule has 2 aromatic rings. The van der Waals surface area contributed by atoms with Crippen LogP contribution in [0, 0.1) is 0 Å². The maximum absolute atomic E-state index is 5.78. The highest BCUT2D eigenvalue weighted by molar-refractivity contribution is 5.76. The van der Waals surface area contributed by atoms with E-state index in [1.54, 1.807) is 0 Å². The fraction of sp³-hybridized carbons (Fsp3) is 0.438. The van der Waals surface area contributed by atoms with Crippen LogP contribution >= 0.6 is 0 Å². The molecule has 0 radical (unpaired) electrons. The summed E-state index contributed by atoms with van der Waals surface area (Å²) in [7, 11) is 0. The maximum atomic E-state index is 5.78. The first kappa shape index (κ1) is 12.9. The molecule has 0 spiro atoms. The fourth-order valence-electron chi connectivity index (χ4n) is 2.07. The molecule has 0 amide bonds. The fourth-order valence-corrected chi connectivity index (χ4v) is 2.07. The molecular weight excluding hydrogens is 222 g/mol. The first-order valence-corrected chi connectivity index (χ1v) is 6.60. The molecular formula is C16H22NO+. The highest BCUT2D eigenvalue weighted by Crippen LogP contribution is 2.20. The normalized spacial score (nSPS) is 11.8. The zero-order valence-electron chi connectivity index (χ0n) is 11.7. The monoisotopic (exact) mass is 244 g/mol. The molecule has 2 heteroatoms. The lowest BCUT2D eigenvalue weighted by atomic mass is 10.1. The van der Waals surface area contributed by atoms with Gasteiger partial charge in [-0.2, -0.15) is 4.57 Å². The number of nitrogens with zero attached hydrogens (tertiary/aromatic N) is 1. The van der Waals surface area contributed by atoms with Gasteiger partial charge in [0.05, 0.1) is 12.0 Å². The molecule has 0 unspecified atom stereocenters. The molecule has 0 bridgehead atoms. The first-order chi connectivity index (χ1) is 8.52. The number of rotatable bonds is 3. The Hall–Kier alpha value is -1.57. The molecule has 2 nitrogen and oxygen atoms in total. The maximum Gasteiger partial charge on any atom is 0.213 e. The molecule has 96 valence electrons. The van der Waals surface area contributed by atoms with Gasteiger partial charge in [0, 0.05) is 32.9 Å². The highest BCUT2D eigenvalue weighted by Gasteiger charge is 2.25. The Balaban J connectivity index is 2.57. The van der Waals surface area contributed by atoms with Crippen molar-refractivity contribution in [2.24, 2.45) is 0 Å². The second-order valence-electron chi connectivity index (χ2n) is 5.62. The Bertz CT molecular complexity index is 540. The second kappa shape index (κ2) is 4.97. The Morgan fingerprint density at radius 1 is 1.17 bits per heavy atom. The van der Waals surface area contributed by atoms with Gasteiger partial charge < -0.3 is 4.74 Å². The van der Waals surface area contributed by atoms with Crippen molar-refractivity contribution in [2.45, 2.75) is 39.7 Å². The van der Waals surface area contributed by atoms with E-state index in [1.165, 1.54) is 10.9 Å². The molecule has 0 fully saturated rings. The van der Waals surface area contributed by atoms with Crippen LogP contribution in [0.4, 0.5) is 0 Å². The lowest BCUT2D eigenvalue weighted by Gasteiger charge is -2.16. The summed E-state index contributed by atoms with van der Waals surface area (Å²) < 4.78 is 8.06. The number of aromatic nitrogens is 1. The molecule has 0 aliphatic rings. The highest BCUT2D eigenvalue weighted by atomic mass is 16.5. The number of hydrogen-bond donors (Lipinski definition) is 0. The molecule has 1 aromatic carbocycles. The standard InChI is InChI=1S/C16H22NO/c1-5-10-18-14-11-13-8-6-7-9-15(13)17(12-14)16(2,3)4/h6-9,11-12H,5,10H2,1-4H3/q+1. The van der Waals surface area contributed by atoms with Crippen LogP contribution in [-0.4, -0.2) is 6.61 Å². The van der Waals surface area contributed by atoms with E-state index in [-0.39, 0.29) is 5.54 Å². The van der Waals surface area contributed by atoms with Crippen LogP contribution in [0.5, 0.6) is 5.75 Å². The number of ether oxygens (including phenoxy) is 1. The van der Waals surface area contributed by atoms with Gasteiger partial charge in [0.2, 0.25) is 11.7 Å². The lowest BCUT2D eigenvalue weighted by molar-refractivity contribution is -0.730. The van der Waals surface area contributed by atoms with Crippen molar-refractivity contribution in [3.63, 3.8) is 0 Å². The summed E-state index contributed by atoms with van der Waals surface area (Å²) in [4.78, 5) is 0. The third kappa shape index (κ3) is 2.63. The van der Waals surface area contributed by atoms with E-state index >= 15 is 0 Å². The molecule has 18 heavy (non-hydrogen) atoms. The molecule has 1 heterocycles. The van der Waals surface area contributed by atoms with Crippen LogP contribution < -0.4 is 9.30 Å². The number of pyridine rings is 1. The van der Waals surface area contributed by atoms with Gasteiger partial charge in [-0.1, -0.05) is 19.1 Å². The van der Waals surface area contributed by atoms with Gasteiger partial charge in [0.1, 0.15) is 0 Å². The third-order valence-electron chi connectivity index (χ3n) is 2.95. The predicted octanol–water partition coefficient (Wildman–Crippen LogP) is 3.67. The van der Waals surface area contributed by atoms with Gasteiger partial charge in [-0.15, -0.1) is 0 Å². The van der Waals surface area contributed by atoms with Crippen LogP contribution in [0.2, 0.25) is 0 Å². The molecule has 0 N–H and O–H groups in total. The van der Waals surface area contributed by atoms with E-state index < -0.39 is 0 Å². The predicted molar refractivity (Wildman–Crippen MR) is 74.9 cm³/mol. The smallest absolute Gasteiger partial charge is 0.213 e. The Kier molecular flexibility index (Phi) is 3.55. The lowest BCUT2D eigenvalue weighted by Crippen LogP contribution is -2.50. The summed E-state index contributed by atoms with van der Waals surface area (Å²) in [5.74, 6) is 0.950. The first-order valence-electron chi connectivity index (χ1n) is 6.60. The van der Waals surface area contributed by atoms with E-state index in [0.717, 1.165) is 18.8 Å². The van der Waals surface area contributed by atoms with Gasteiger partial charge >= 0.3 is 0 Å². The van der Waals surface area contributed by atoms with Crippen LogP contribution in [0.3, 0.4) is 0 Å². The van der Waals surface area contributed by atoms with E-state index in [0.29, 0.717) is 0 Å². The van der Waals surface area contributed by atoms with E-state index in [2.05, 4.69) is 68.8 Å². The zero-order valence-corrected chi connectivity index (χ0v) is 11.7. The van der Waals surface area contributed by atoms with Crippen molar-refractivity contribution in [1.82, 2.24) is 0 Å². The summed E-state index contributed by atoms with van der Waals surface area (Å²) in [6.07, 6.45) is 3.14. The average molecular weight is 244 g/mol. The quantitative estimate of drug-likeness (QED) is 0.751. The van der Waals surface area contributed by atoms with Gasteiger partial charge in [-0.05, 0) is 12.5 Å². The topological polar surface area (TPSA) is 13.1 Å². The summed E-state index contributed by atoms with van der Waals surface area (Å²) in [6, 6.07) is 10.6. The summed E-state index contributed by atoms with van der Waals surface area (Å²) in [5, 5.41) is 1.22. The van der Waals surface area contributed by atoms with Crippen molar-refractivity contribution in [3.8, 4) is 5.75 Å². The van der Waals surface area contributed by atoms with Crippen molar-refractivity contribution in [3.05, 3.63) is 36.5 Å². The average Bonchev–Trinajstić information content (AvgIpc) is 2.34. The Morgan fingerprint density at radius 3 is 2.56 bits per heavy atom. The minimum atomic E-state index is 0.0468. The van der Waals surface area contributed by atoms with E-state index in [4.69, 9.17) is 4.74 Å². The Morgan fingerprint density at radius 2 is 1.89 bits per heavy atom. The second-order valence-corrected chi connectivity index (χ2v) is 5.62. The zero-order chi connectivity index (χ0) is 13.2. The Labute approximate surface area is 109 Å². The van der Waals surface area contributed by atoms with Gasteiger partial charge in [-0.3, -0.25) is 0 Å². The van der Waals surface area contributed by atoms with Crippen LogP contribution in [-0.2, 0) is 5.54 Å². The third-order valence-corrected chi connectivity index (χ3v) is 2.95. The van der Waals surface area contributed by atoms with E-state index in [1.807, 2.05) is 0 Å². The largest absolute Gasteiger partial charge is 0.487 e. The van der Waals surface area contributed by atoms with Crippen molar-refractivity contribution < 1.29 is 9.30 Å². The number of para-hydroxylation sites is 1. The van der Waals surface area contributed by atoms with Crippen molar-refractivity contribution >= 4 is 10.9 Å². The molecule has 0 aliphatic carbocycles. The minimum absolute atomic E-state index is 0.0468. The van der Waals surface area contributed by atoms with Crippen LogP contribution in [0.15, 0.2) is 36.5 Å². The van der Waals surface area contributed by atoms with Crippen LogP contribution in [0.25, 0.3) is 10.9 Å². The SMILES string of the molecule is CCCOc1cc2ccccc2[n+](C(C)(C)C)c1. The van der Waals surface area contributed by atoms with Gasteiger partial charge in [-0.25, -0.2) is 0 Å². The summed E-state index contributed by atoms with van der Waals surface area (Å²) in [6.45, 7) is 9.52. The number of fused-ring (bicyclic) bond motifs is 1. The molecule has 0 saturated heterocycles. The van der Waals surface area contributed by atoms with Crippen molar-refractivity contribution in [2.75, 3.05) is 6.61 Å². The van der Waals surface area contributed by atoms with Gasteiger partial charge in [0.15, 0.2) is 11.3 Å². The molecule has 0 atom stereocenters. The number of benzene rings is 1. The van der Waals surface area contributed by atoms with Crippen LogP contribution in [0.1, 0.15) is 34.1 Å². The minimum Gasteiger partial charge on any atom is -0.487 e. The molecule has 0 saturated carbocycles. The summed E-state index contributed by atoms with van der Waals surface area (Å²) in [5.41, 5.74) is 1.29. The van der Waals surface area contributed by atoms with Crippen molar-refractivity contribution in [1.29, 1.82) is 0 Å². The van der Waals surface area contributed by atoms with E-state index in [9.17, 15) is 0 Å². The van der Waals surface area contributed by atoms with Gasteiger partial charge in [0.25, 0.3) is 0 Å².